The van der Waals surface area contributed by atoms with Crippen LogP contribution >= 0.6 is 25.3 Å². The molecule has 0 amide bonds. The molecule has 15 heavy (non-hydrogen) atoms. The molecule has 2 aromatic carbocycles. The molecule has 0 bridgehead atoms. The smallest absolute Gasteiger partial charge is 0.336 e. The maximum atomic E-state index is 10.9. The normalized spacial score (nSPS) is 10.5. The van der Waals surface area contributed by atoms with E-state index in [9.17, 15) is 4.79 Å². The SMILES string of the molecule is O=C(O)c1cc2cc(S)ccc2cc1S. The summed E-state index contributed by atoms with van der Waals surface area (Å²) in [6, 6.07) is 8.94. The van der Waals surface area contributed by atoms with Gasteiger partial charge in [-0.2, -0.15) is 0 Å². The zero-order valence-electron chi connectivity index (χ0n) is 7.64. The van der Waals surface area contributed by atoms with Crippen molar-refractivity contribution in [3.8, 4) is 0 Å². The third-order valence-corrected chi connectivity index (χ3v) is 2.82. The van der Waals surface area contributed by atoms with Crippen molar-refractivity contribution in [1.29, 1.82) is 0 Å². The number of aromatic carboxylic acids is 1. The van der Waals surface area contributed by atoms with Crippen LogP contribution < -0.4 is 0 Å². The molecular formula is C11H8O2S2. The first-order valence-electron chi connectivity index (χ1n) is 4.27. The molecule has 0 aliphatic carbocycles. The lowest BCUT2D eigenvalue weighted by atomic mass is 10.1. The lowest BCUT2D eigenvalue weighted by Crippen LogP contribution is -1.97. The van der Waals surface area contributed by atoms with Crippen molar-refractivity contribution >= 4 is 42.0 Å². The fourth-order valence-electron chi connectivity index (χ4n) is 1.44. The number of benzene rings is 2. The summed E-state index contributed by atoms with van der Waals surface area (Å²) in [5.74, 6) is -0.966. The molecule has 2 nitrogen and oxygen atoms in total. The third-order valence-electron chi connectivity index (χ3n) is 2.17. The number of thiol groups is 2. The minimum atomic E-state index is -0.966. The van der Waals surface area contributed by atoms with Gasteiger partial charge in [-0.25, -0.2) is 4.79 Å². The molecule has 0 atom stereocenters. The Hall–Kier alpha value is -1.13. The molecule has 0 saturated heterocycles. The highest BCUT2D eigenvalue weighted by molar-refractivity contribution is 7.80. The van der Waals surface area contributed by atoms with Crippen molar-refractivity contribution in [3.63, 3.8) is 0 Å². The molecular weight excluding hydrogens is 228 g/mol. The van der Waals surface area contributed by atoms with Gasteiger partial charge >= 0.3 is 5.97 Å². The van der Waals surface area contributed by atoms with E-state index in [4.69, 9.17) is 5.11 Å². The van der Waals surface area contributed by atoms with E-state index in [0.717, 1.165) is 15.7 Å². The Balaban J connectivity index is 2.77. The fourth-order valence-corrected chi connectivity index (χ4v) is 1.96. The van der Waals surface area contributed by atoms with Gasteiger partial charge in [-0.3, -0.25) is 0 Å². The standard InChI is InChI=1S/C11H8O2S2/c12-11(13)9-4-7-3-8(14)2-1-6(7)5-10(9)15/h1-5,14-15H,(H,12,13). The van der Waals surface area contributed by atoms with E-state index in [0.29, 0.717) is 4.90 Å². The largest absolute Gasteiger partial charge is 0.478 e. The Morgan fingerprint density at radius 1 is 1.07 bits per heavy atom. The lowest BCUT2D eigenvalue weighted by molar-refractivity contribution is 0.0693. The molecule has 4 heteroatoms. The summed E-state index contributed by atoms with van der Waals surface area (Å²) in [5.41, 5.74) is 0.213. The van der Waals surface area contributed by atoms with E-state index in [1.54, 1.807) is 12.1 Å². The second-order valence-electron chi connectivity index (χ2n) is 3.21. The summed E-state index contributed by atoms with van der Waals surface area (Å²) < 4.78 is 0. The van der Waals surface area contributed by atoms with Crippen molar-refractivity contribution in [2.75, 3.05) is 0 Å². The third kappa shape index (κ3) is 1.96. The van der Waals surface area contributed by atoms with Crippen molar-refractivity contribution < 1.29 is 9.90 Å². The van der Waals surface area contributed by atoms with Gasteiger partial charge in [0, 0.05) is 9.79 Å². The maximum Gasteiger partial charge on any atom is 0.336 e. The van der Waals surface area contributed by atoms with E-state index >= 15 is 0 Å². The van der Waals surface area contributed by atoms with Gasteiger partial charge in [0.15, 0.2) is 0 Å². The molecule has 0 unspecified atom stereocenters. The quantitative estimate of drug-likeness (QED) is 0.665. The average Bonchev–Trinajstić information content (AvgIpc) is 2.17. The highest BCUT2D eigenvalue weighted by atomic mass is 32.1. The highest BCUT2D eigenvalue weighted by Gasteiger charge is 2.08. The number of carboxylic acid groups (broad SMARTS) is 1. The monoisotopic (exact) mass is 236 g/mol. The summed E-state index contributed by atoms with van der Waals surface area (Å²) in [6.45, 7) is 0. The minimum absolute atomic E-state index is 0.213. The lowest BCUT2D eigenvalue weighted by Gasteiger charge is -2.04. The minimum Gasteiger partial charge on any atom is -0.478 e. The molecule has 0 aliphatic rings. The summed E-state index contributed by atoms with van der Waals surface area (Å²) in [4.78, 5) is 12.2. The Morgan fingerprint density at radius 3 is 2.47 bits per heavy atom. The molecule has 0 spiro atoms. The van der Waals surface area contributed by atoms with E-state index in [2.05, 4.69) is 25.3 Å². The van der Waals surface area contributed by atoms with E-state index in [1.807, 2.05) is 18.2 Å². The molecule has 1 N–H and O–H groups in total. The van der Waals surface area contributed by atoms with Crippen LogP contribution in [0, 0.1) is 0 Å². The van der Waals surface area contributed by atoms with Crippen molar-refractivity contribution in [3.05, 3.63) is 35.9 Å². The summed E-state index contributed by atoms with van der Waals surface area (Å²) in [6.07, 6.45) is 0. The van der Waals surface area contributed by atoms with Gasteiger partial charge < -0.3 is 5.11 Å². The maximum absolute atomic E-state index is 10.9. The Bertz CT molecular complexity index is 550. The summed E-state index contributed by atoms with van der Waals surface area (Å²) >= 11 is 8.34. The fraction of sp³-hybridized carbons (Fsp3) is 0. The molecule has 0 saturated carbocycles. The summed E-state index contributed by atoms with van der Waals surface area (Å²) in [7, 11) is 0. The molecule has 2 rings (SSSR count). The van der Waals surface area contributed by atoms with Crippen LogP contribution in [-0.4, -0.2) is 11.1 Å². The number of carbonyl (C=O) groups is 1. The van der Waals surface area contributed by atoms with E-state index in [-0.39, 0.29) is 5.56 Å². The van der Waals surface area contributed by atoms with Crippen LogP contribution in [0.5, 0.6) is 0 Å². The number of hydrogen-bond acceptors (Lipinski definition) is 3. The average molecular weight is 236 g/mol. The van der Waals surface area contributed by atoms with Gasteiger partial charge in [-0.1, -0.05) is 6.07 Å². The zero-order chi connectivity index (χ0) is 11.0. The number of fused-ring (bicyclic) bond motifs is 1. The van der Waals surface area contributed by atoms with Gasteiger partial charge in [-0.05, 0) is 35.0 Å². The molecule has 0 heterocycles. The second-order valence-corrected chi connectivity index (χ2v) is 4.20. The predicted molar refractivity (Wildman–Crippen MR) is 65.4 cm³/mol. The zero-order valence-corrected chi connectivity index (χ0v) is 9.43. The van der Waals surface area contributed by atoms with Crippen LogP contribution in [-0.2, 0) is 0 Å². The second kappa shape index (κ2) is 3.79. The van der Waals surface area contributed by atoms with Crippen LogP contribution in [0.2, 0.25) is 0 Å². The van der Waals surface area contributed by atoms with Crippen molar-refractivity contribution in [2.24, 2.45) is 0 Å². The molecule has 0 aliphatic heterocycles. The van der Waals surface area contributed by atoms with Crippen LogP contribution in [0.4, 0.5) is 0 Å². The first-order chi connectivity index (χ1) is 7.08. The molecule has 0 fully saturated rings. The van der Waals surface area contributed by atoms with Crippen molar-refractivity contribution in [1.82, 2.24) is 0 Å². The van der Waals surface area contributed by atoms with Gasteiger partial charge in [-0.15, -0.1) is 25.3 Å². The number of carboxylic acids is 1. The van der Waals surface area contributed by atoms with Gasteiger partial charge in [0.05, 0.1) is 5.56 Å². The molecule has 2 aromatic rings. The predicted octanol–water partition coefficient (Wildman–Crippen LogP) is 3.12. The van der Waals surface area contributed by atoms with Crippen LogP contribution in [0.15, 0.2) is 40.1 Å². The number of rotatable bonds is 1. The first-order valence-corrected chi connectivity index (χ1v) is 5.16. The van der Waals surface area contributed by atoms with Crippen LogP contribution in [0.1, 0.15) is 10.4 Å². The Kier molecular flexibility index (Phi) is 2.63. The first kappa shape index (κ1) is 10.4. The summed E-state index contributed by atoms with van der Waals surface area (Å²) in [5, 5.41) is 10.7. The number of hydrogen-bond donors (Lipinski definition) is 3. The van der Waals surface area contributed by atoms with E-state index in [1.165, 1.54) is 0 Å². The van der Waals surface area contributed by atoms with Gasteiger partial charge in [0.25, 0.3) is 0 Å². The van der Waals surface area contributed by atoms with E-state index < -0.39 is 5.97 Å². The Morgan fingerprint density at radius 2 is 1.80 bits per heavy atom. The van der Waals surface area contributed by atoms with Crippen LogP contribution in [0.3, 0.4) is 0 Å². The van der Waals surface area contributed by atoms with Crippen LogP contribution in [0.25, 0.3) is 10.8 Å². The topological polar surface area (TPSA) is 37.3 Å². The van der Waals surface area contributed by atoms with Gasteiger partial charge in [0.2, 0.25) is 0 Å². The van der Waals surface area contributed by atoms with Gasteiger partial charge in [0.1, 0.15) is 0 Å². The highest BCUT2D eigenvalue weighted by Crippen LogP contribution is 2.24. The molecule has 0 aromatic heterocycles. The molecule has 0 radical (unpaired) electrons. The Labute approximate surface area is 97.7 Å². The molecule has 76 valence electrons. The van der Waals surface area contributed by atoms with Crippen molar-refractivity contribution in [2.45, 2.75) is 9.79 Å².